The predicted molar refractivity (Wildman–Crippen MR) is 39.9 cm³/mol. The van der Waals surface area contributed by atoms with Crippen LogP contribution >= 0.6 is 0 Å². The number of hydrogen-bond acceptors (Lipinski definition) is 4. The minimum absolute atomic E-state index is 0. The summed E-state index contributed by atoms with van der Waals surface area (Å²) in [5.41, 5.74) is 0. The van der Waals surface area contributed by atoms with Crippen molar-refractivity contribution in [2.24, 2.45) is 0 Å². The van der Waals surface area contributed by atoms with Gasteiger partial charge >= 0.3 is 48.0 Å². The summed E-state index contributed by atoms with van der Waals surface area (Å²) in [6, 6.07) is 0. The van der Waals surface area contributed by atoms with Crippen LogP contribution in [0.3, 0.4) is 0 Å². The molecule has 1 heterocycles. The van der Waals surface area contributed by atoms with Gasteiger partial charge in [0.1, 0.15) is 5.76 Å². The summed E-state index contributed by atoms with van der Waals surface area (Å²) in [6.07, 6.45) is 1.06. The van der Waals surface area contributed by atoms with Crippen LogP contribution in [0.1, 0.15) is 9.78 Å². The maximum Gasteiger partial charge on any atom is 2.00 e. The van der Waals surface area contributed by atoms with Gasteiger partial charge in [-0.2, -0.15) is 8.42 Å². The Morgan fingerprint density at radius 1 is 1.64 bits per heavy atom. The van der Waals surface area contributed by atoms with Crippen molar-refractivity contribution >= 4 is 53.9 Å². The van der Waals surface area contributed by atoms with Gasteiger partial charge in [-0.15, -0.1) is 0 Å². The summed E-state index contributed by atoms with van der Waals surface area (Å²) in [6.45, 7) is 1.39. The largest absolute Gasteiger partial charge is 2.00 e. The molecule has 5 nitrogen and oxygen atoms in total. The molecule has 0 unspecified atom stereocenters. The Bertz CT molecular complexity index is 301. The van der Waals surface area contributed by atoms with Crippen molar-refractivity contribution in [3.05, 3.63) is 11.8 Å². The van der Waals surface area contributed by atoms with E-state index in [2.05, 4.69) is 4.18 Å². The quantitative estimate of drug-likeness (QED) is 0.521. The van der Waals surface area contributed by atoms with Crippen molar-refractivity contribution in [1.29, 1.82) is 0 Å². The van der Waals surface area contributed by atoms with E-state index in [1.165, 1.54) is 6.92 Å². The fourth-order valence-electron chi connectivity index (χ4n) is 0.555. The molecule has 1 aliphatic heterocycles. The molecule has 1 N–H and O–H groups in total. The molecule has 0 aromatic carbocycles. The van der Waals surface area contributed by atoms with E-state index in [0.29, 0.717) is 0 Å². The first-order valence-corrected chi connectivity index (χ1v) is 3.85. The van der Waals surface area contributed by atoms with E-state index in [1.54, 1.807) is 4.72 Å². The average Bonchev–Trinajstić information content (AvgIpc) is 1.54. The van der Waals surface area contributed by atoms with Gasteiger partial charge in [-0.05, 0) is 6.92 Å². The standard InChI is InChI=1S/C4H5NO4S.Ca.2H/c1-3-2-4(6)5-10(7,8)9-3;;;/h2H,1H3,(H,5,6);;;/q;+2;2*-1. The van der Waals surface area contributed by atoms with E-state index in [1.807, 2.05) is 0 Å². The molecule has 1 rings (SSSR count). The molecule has 60 valence electrons. The first-order valence-electron chi connectivity index (χ1n) is 2.44. The number of carbonyl (C=O) groups is 1. The van der Waals surface area contributed by atoms with Crippen LogP contribution in [0.5, 0.6) is 0 Å². The Labute approximate surface area is 97.0 Å². The van der Waals surface area contributed by atoms with Crippen molar-refractivity contribution in [2.45, 2.75) is 6.92 Å². The number of allylic oxidation sites excluding steroid dienone is 1. The maximum absolute atomic E-state index is 10.5. The van der Waals surface area contributed by atoms with Crippen LogP contribution in [0, 0.1) is 0 Å². The SMILES string of the molecule is CC1=CC(=O)NS(=O)(=O)O1.[Ca+2].[H-].[H-]. The third kappa shape index (κ3) is 3.41. The van der Waals surface area contributed by atoms with Crippen LogP contribution in [0.25, 0.3) is 0 Å². The third-order valence-electron chi connectivity index (χ3n) is 0.801. The Kier molecular flexibility index (Phi) is 3.83. The van der Waals surface area contributed by atoms with Gasteiger partial charge in [0.15, 0.2) is 0 Å². The molecule has 0 aliphatic carbocycles. The third-order valence-corrected chi connectivity index (χ3v) is 1.73. The number of nitrogens with one attached hydrogen (secondary N) is 1. The minimum atomic E-state index is -3.85. The molecule has 0 aromatic rings. The molecule has 1 amide bonds. The molecule has 7 heteroatoms. The first-order chi connectivity index (χ1) is 4.49. The second-order valence-corrected chi connectivity index (χ2v) is 3.04. The van der Waals surface area contributed by atoms with E-state index < -0.39 is 16.2 Å². The van der Waals surface area contributed by atoms with Gasteiger partial charge in [0.25, 0.3) is 5.91 Å². The summed E-state index contributed by atoms with van der Waals surface area (Å²) >= 11 is 0. The summed E-state index contributed by atoms with van der Waals surface area (Å²) in [7, 11) is -3.85. The van der Waals surface area contributed by atoms with Crippen LogP contribution in [-0.2, 0) is 19.3 Å². The van der Waals surface area contributed by atoms with Crippen molar-refractivity contribution < 1.29 is 20.2 Å². The van der Waals surface area contributed by atoms with E-state index >= 15 is 0 Å². The monoisotopic (exact) mass is 205 g/mol. The van der Waals surface area contributed by atoms with E-state index in [0.717, 1.165) is 6.08 Å². The van der Waals surface area contributed by atoms with Crippen molar-refractivity contribution in [3.8, 4) is 0 Å². The normalized spacial score (nSPS) is 20.5. The summed E-state index contributed by atoms with van der Waals surface area (Å²) in [5.74, 6) is -0.604. The molecular formula is C4H7CaNO4S. The van der Waals surface area contributed by atoms with Gasteiger partial charge in [-0.25, -0.2) is 4.72 Å². The summed E-state index contributed by atoms with van der Waals surface area (Å²) in [5, 5.41) is 0. The zero-order valence-corrected chi connectivity index (χ0v) is 8.85. The zero-order valence-electron chi connectivity index (χ0n) is 7.83. The van der Waals surface area contributed by atoms with Gasteiger partial charge in [-0.1, -0.05) is 0 Å². The Balaban J connectivity index is -0.000000333. The predicted octanol–water partition coefficient (Wildman–Crippen LogP) is -0.874. The molecule has 0 saturated heterocycles. The van der Waals surface area contributed by atoms with Gasteiger partial charge in [0.05, 0.1) is 0 Å². The Morgan fingerprint density at radius 3 is 2.55 bits per heavy atom. The molecule has 0 bridgehead atoms. The molecule has 1 aliphatic rings. The molecule has 0 fully saturated rings. The van der Waals surface area contributed by atoms with Crippen LogP contribution in [-0.4, -0.2) is 52.1 Å². The van der Waals surface area contributed by atoms with Gasteiger partial charge in [0.2, 0.25) is 0 Å². The smallest absolute Gasteiger partial charge is 1.00 e. The van der Waals surface area contributed by atoms with Crippen molar-refractivity contribution in [1.82, 2.24) is 4.72 Å². The molecule has 0 atom stereocenters. The van der Waals surface area contributed by atoms with Crippen molar-refractivity contribution in [2.75, 3.05) is 0 Å². The Hall–Kier alpha value is 0.220. The minimum Gasteiger partial charge on any atom is -1.00 e. The summed E-state index contributed by atoms with van der Waals surface area (Å²) < 4.78 is 26.8. The van der Waals surface area contributed by atoms with Gasteiger partial charge < -0.3 is 7.04 Å². The van der Waals surface area contributed by atoms with Crippen LogP contribution < -0.4 is 4.72 Å². The topological polar surface area (TPSA) is 72.5 Å². The fourth-order valence-corrected chi connectivity index (χ4v) is 1.30. The molecule has 0 spiro atoms. The Morgan fingerprint density at radius 2 is 2.18 bits per heavy atom. The van der Waals surface area contributed by atoms with Crippen LogP contribution in [0.4, 0.5) is 0 Å². The van der Waals surface area contributed by atoms with E-state index in [9.17, 15) is 13.2 Å². The summed E-state index contributed by atoms with van der Waals surface area (Å²) in [4.78, 5) is 10.4. The maximum atomic E-state index is 10.5. The number of rotatable bonds is 0. The van der Waals surface area contributed by atoms with E-state index in [4.69, 9.17) is 0 Å². The molecule has 0 radical (unpaired) electrons. The van der Waals surface area contributed by atoms with Gasteiger partial charge in [0, 0.05) is 6.08 Å². The number of carbonyl (C=O) groups excluding carboxylic acids is 1. The average molecular weight is 205 g/mol. The second kappa shape index (κ2) is 3.75. The first kappa shape index (κ1) is 11.2. The number of amides is 1. The van der Waals surface area contributed by atoms with Crippen LogP contribution in [0.15, 0.2) is 11.8 Å². The molecule has 0 aromatic heterocycles. The fraction of sp³-hybridized carbons (Fsp3) is 0.250. The number of hydrogen-bond donors (Lipinski definition) is 1. The van der Waals surface area contributed by atoms with Gasteiger partial charge in [-0.3, -0.25) is 4.79 Å². The second-order valence-electron chi connectivity index (χ2n) is 1.76. The molecule has 0 saturated carbocycles. The van der Waals surface area contributed by atoms with Crippen molar-refractivity contribution in [3.63, 3.8) is 0 Å². The van der Waals surface area contributed by atoms with E-state index in [-0.39, 0.29) is 46.4 Å². The molecule has 11 heavy (non-hydrogen) atoms. The molecular weight excluding hydrogens is 198 g/mol. The van der Waals surface area contributed by atoms with Crippen LogP contribution in [0.2, 0.25) is 0 Å². The zero-order chi connectivity index (χ0) is 7.78.